The molecule has 0 aromatic carbocycles. The molecule has 3 aliphatic heterocycles. The molecule has 1 fully saturated rings. The molecule has 0 bridgehead atoms. The monoisotopic (exact) mass is 240 g/mol. The molecule has 4 atom stereocenters. The zero-order valence-electron chi connectivity index (χ0n) is 9.24. The van der Waals surface area contributed by atoms with Gasteiger partial charge < -0.3 is 31.9 Å². The van der Waals surface area contributed by atoms with Gasteiger partial charge in [-0.2, -0.15) is 0 Å². The summed E-state index contributed by atoms with van der Waals surface area (Å²) in [6.07, 6.45) is -0.0684. The van der Waals surface area contributed by atoms with Gasteiger partial charge in [0, 0.05) is 6.54 Å². The summed E-state index contributed by atoms with van der Waals surface area (Å²) < 4.78 is 0. The third kappa shape index (κ3) is 1.14. The second-order valence-electron chi connectivity index (χ2n) is 4.60. The smallest absolute Gasteiger partial charge is 0.193 e. The van der Waals surface area contributed by atoms with Crippen molar-refractivity contribution in [2.75, 3.05) is 13.2 Å². The fourth-order valence-electron chi connectivity index (χ4n) is 3.04. The molecule has 17 heavy (non-hydrogen) atoms. The van der Waals surface area contributed by atoms with Crippen LogP contribution in [-0.4, -0.2) is 64.0 Å². The fraction of sp³-hybridized carbons (Fsp3) is 0.778. The van der Waals surface area contributed by atoms with Gasteiger partial charge in [0.1, 0.15) is 12.1 Å². The van der Waals surface area contributed by atoms with Crippen molar-refractivity contribution in [2.45, 2.75) is 30.3 Å². The van der Waals surface area contributed by atoms with Crippen LogP contribution in [0.15, 0.2) is 9.98 Å². The number of aliphatic hydroxyl groups is 2. The number of aliphatic imine (C=N–C) groups is 2. The fourth-order valence-corrected chi connectivity index (χ4v) is 3.04. The van der Waals surface area contributed by atoms with Crippen molar-refractivity contribution in [1.82, 2.24) is 10.2 Å². The van der Waals surface area contributed by atoms with Gasteiger partial charge in [0.15, 0.2) is 17.6 Å². The van der Waals surface area contributed by atoms with Gasteiger partial charge in [-0.15, -0.1) is 0 Å². The van der Waals surface area contributed by atoms with E-state index in [2.05, 4.69) is 15.3 Å². The molecule has 1 saturated heterocycles. The summed E-state index contributed by atoms with van der Waals surface area (Å²) in [6.45, 7) is 0.424. The molecule has 8 nitrogen and oxygen atoms in total. The van der Waals surface area contributed by atoms with Gasteiger partial charge in [-0.1, -0.05) is 0 Å². The maximum atomic E-state index is 10.2. The van der Waals surface area contributed by atoms with Gasteiger partial charge in [0.2, 0.25) is 0 Å². The van der Waals surface area contributed by atoms with Crippen LogP contribution in [0.3, 0.4) is 0 Å². The Hall–Kier alpha value is -1.54. The summed E-state index contributed by atoms with van der Waals surface area (Å²) in [5, 5.41) is 22.6. The normalized spacial score (nSPS) is 43.6. The highest BCUT2D eigenvalue weighted by atomic mass is 16.3. The molecule has 8 heteroatoms. The molecule has 0 amide bonds. The average Bonchev–Trinajstić information content (AvgIpc) is 2.80. The first-order chi connectivity index (χ1) is 8.09. The van der Waals surface area contributed by atoms with Crippen molar-refractivity contribution >= 4 is 11.9 Å². The van der Waals surface area contributed by atoms with E-state index in [4.69, 9.17) is 11.5 Å². The number of aliphatic hydroxyl groups excluding tert-OH is 2. The molecule has 1 spiro atoms. The number of guanidine groups is 2. The Labute approximate surface area is 98.0 Å². The van der Waals surface area contributed by atoms with Crippen LogP contribution in [-0.2, 0) is 0 Å². The van der Waals surface area contributed by atoms with E-state index in [1.54, 1.807) is 4.90 Å². The van der Waals surface area contributed by atoms with Crippen LogP contribution in [0.4, 0.5) is 0 Å². The third-order valence-corrected chi connectivity index (χ3v) is 3.76. The number of hydrogen-bond acceptors (Lipinski definition) is 8. The Morgan fingerprint density at radius 3 is 2.94 bits per heavy atom. The lowest BCUT2D eigenvalue weighted by molar-refractivity contribution is 0.0164. The van der Waals surface area contributed by atoms with Crippen LogP contribution in [0, 0.1) is 0 Å². The summed E-state index contributed by atoms with van der Waals surface area (Å²) in [4.78, 5) is 10.2. The highest BCUT2D eigenvalue weighted by Crippen LogP contribution is 2.39. The minimum atomic E-state index is -0.830. The van der Waals surface area contributed by atoms with E-state index in [0.717, 1.165) is 0 Å². The van der Waals surface area contributed by atoms with E-state index in [1.165, 1.54) is 0 Å². The predicted octanol–water partition coefficient (Wildman–Crippen LogP) is -3.27. The summed E-state index contributed by atoms with van der Waals surface area (Å²) in [5.41, 5.74) is 10.7. The van der Waals surface area contributed by atoms with Crippen LogP contribution in [0.1, 0.15) is 6.42 Å². The lowest BCUT2D eigenvalue weighted by Crippen LogP contribution is -2.72. The van der Waals surface area contributed by atoms with Crippen molar-refractivity contribution in [3.63, 3.8) is 0 Å². The van der Waals surface area contributed by atoms with Gasteiger partial charge in [-0.3, -0.25) is 0 Å². The number of nitrogens with two attached hydrogens (primary N) is 2. The number of nitrogens with zero attached hydrogens (tertiary/aromatic N) is 3. The van der Waals surface area contributed by atoms with Crippen molar-refractivity contribution < 1.29 is 10.2 Å². The van der Waals surface area contributed by atoms with E-state index in [0.29, 0.717) is 18.9 Å². The quantitative estimate of drug-likeness (QED) is 0.326. The van der Waals surface area contributed by atoms with Crippen molar-refractivity contribution in [1.29, 1.82) is 0 Å². The van der Waals surface area contributed by atoms with Crippen LogP contribution in [0.2, 0.25) is 0 Å². The Balaban J connectivity index is 2.10. The molecular weight excluding hydrogens is 224 g/mol. The SMILES string of the molecule is NC1=N[C@H]2[C@H](CO)N=C(N)N3CC[C@H](O)[C@]23N1. The molecule has 3 heterocycles. The maximum Gasteiger partial charge on any atom is 0.193 e. The third-order valence-electron chi connectivity index (χ3n) is 3.76. The van der Waals surface area contributed by atoms with Gasteiger partial charge in [0.05, 0.1) is 12.7 Å². The first-order valence-corrected chi connectivity index (χ1v) is 5.61. The van der Waals surface area contributed by atoms with E-state index in [-0.39, 0.29) is 12.6 Å². The van der Waals surface area contributed by atoms with Crippen molar-refractivity contribution in [3.8, 4) is 0 Å². The lowest BCUT2D eigenvalue weighted by Gasteiger charge is -2.46. The van der Waals surface area contributed by atoms with Crippen LogP contribution < -0.4 is 16.8 Å². The molecule has 0 aliphatic carbocycles. The Morgan fingerprint density at radius 1 is 1.47 bits per heavy atom. The van der Waals surface area contributed by atoms with Crippen LogP contribution >= 0.6 is 0 Å². The number of rotatable bonds is 1. The minimum absolute atomic E-state index is 0.174. The van der Waals surface area contributed by atoms with Gasteiger partial charge >= 0.3 is 0 Å². The predicted molar refractivity (Wildman–Crippen MR) is 61.1 cm³/mol. The highest BCUT2D eigenvalue weighted by molar-refractivity contribution is 5.86. The van der Waals surface area contributed by atoms with E-state index in [1.807, 2.05) is 0 Å². The Morgan fingerprint density at radius 2 is 2.24 bits per heavy atom. The number of hydrogen-bond donors (Lipinski definition) is 5. The van der Waals surface area contributed by atoms with Gasteiger partial charge in [0.25, 0.3) is 0 Å². The zero-order chi connectivity index (χ0) is 12.2. The maximum absolute atomic E-state index is 10.2. The zero-order valence-corrected chi connectivity index (χ0v) is 9.24. The molecule has 3 aliphatic rings. The second kappa shape index (κ2) is 3.23. The molecule has 7 N–H and O–H groups in total. The average molecular weight is 240 g/mol. The molecular formula is C9H16N6O2. The molecule has 0 unspecified atom stereocenters. The number of nitrogens with one attached hydrogen (secondary N) is 1. The largest absolute Gasteiger partial charge is 0.394 e. The van der Waals surface area contributed by atoms with E-state index >= 15 is 0 Å². The summed E-state index contributed by atoms with van der Waals surface area (Å²) in [6, 6.07) is -0.871. The van der Waals surface area contributed by atoms with E-state index < -0.39 is 23.9 Å². The van der Waals surface area contributed by atoms with Crippen molar-refractivity contribution in [2.24, 2.45) is 21.5 Å². The summed E-state index contributed by atoms with van der Waals surface area (Å²) in [5.74, 6) is 0.568. The highest BCUT2D eigenvalue weighted by Gasteiger charge is 2.62. The molecule has 0 radical (unpaired) electrons. The summed E-state index contributed by atoms with van der Waals surface area (Å²) >= 11 is 0. The topological polar surface area (TPSA) is 132 Å². The van der Waals surface area contributed by atoms with Crippen LogP contribution in [0.25, 0.3) is 0 Å². The van der Waals surface area contributed by atoms with Gasteiger partial charge in [-0.25, -0.2) is 9.98 Å². The van der Waals surface area contributed by atoms with Crippen LogP contribution in [0.5, 0.6) is 0 Å². The van der Waals surface area contributed by atoms with Crippen molar-refractivity contribution in [3.05, 3.63) is 0 Å². The first kappa shape index (κ1) is 10.6. The van der Waals surface area contributed by atoms with Gasteiger partial charge in [-0.05, 0) is 6.42 Å². The molecule has 3 rings (SSSR count). The molecule has 0 saturated carbocycles. The summed E-state index contributed by atoms with van der Waals surface area (Å²) in [7, 11) is 0. The minimum Gasteiger partial charge on any atom is -0.394 e. The molecule has 0 aromatic heterocycles. The Kier molecular flexibility index (Phi) is 2.02. The molecule has 0 aromatic rings. The standard InChI is InChI=1S/C9H16N6O2/c10-7-13-6-4(3-16)12-8(11)15-2-1-5(17)9(6,15)14-7/h4-6,16-17H,1-3H2,(H2,11,12)(H3,10,13,14)/t4-,5-,6-,9+/m0/s1. The van der Waals surface area contributed by atoms with E-state index in [9.17, 15) is 10.2 Å². The first-order valence-electron chi connectivity index (χ1n) is 5.61. The lowest BCUT2D eigenvalue weighted by atomic mass is 9.89. The molecule has 94 valence electrons. The second-order valence-corrected chi connectivity index (χ2v) is 4.60. The Bertz CT molecular complexity index is 410.